The summed E-state index contributed by atoms with van der Waals surface area (Å²) in [4.78, 5) is 28.5. The fourth-order valence-corrected chi connectivity index (χ4v) is 11.3. The molecule has 2 aromatic carbocycles. The van der Waals surface area contributed by atoms with Gasteiger partial charge >= 0.3 is 5.97 Å². The minimum atomic E-state index is -2.56. The van der Waals surface area contributed by atoms with E-state index in [4.69, 9.17) is 21.1 Å². The second kappa shape index (κ2) is 17.8. The lowest BCUT2D eigenvalue weighted by Gasteiger charge is -2.38. The van der Waals surface area contributed by atoms with Gasteiger partial charge in [0.25, 0.3) is 5.91 Å². The molecule has 6 rings (SSSR count). The van der Waals surface area contributed by atoms with Crippen molar-refractivity contribution in [3.05, 3.63) is 86.9 Å². The molecule has 0 saturated carbocycles. The zero-order chi connectivity index (χ0) is 38.4. The zero-order valence-corrected chi connectivity index (χ0v) is 32.9. The number of allylic oxidation sites excluding steroid dienone is 5. The van der Waals surface area contributed by atoms with E-state index in [-0.39, 0.29) is 25.3 Å². The fourth-order valence-electron chi connectivity index (χ4n) is 8.03. The predicted molar refractivity (Wildman–Crippen MR) is 209 cm³/mol. The van der Waals surface area contributed by atoms with E-state index in [1.807, 2.05) is 24.3 Å². The molecule has 0 spiro atoms. The van der Waals surface area contributed by atoms with Crippen molar-refractivity contribution in [2.75, 3.05) is 69.9 Å². The monoisotopic (exact) mass is 784 g/mol. The molecule has 54 heavy (non-hydrogen) atoms. The zero-order valence-electron chi connectivity index (χ0n) is 31.2. The first kappa shape index (κ1) is 40.0. The van der Waals surface area contributed by atoms with Gasteiger partial charge < -0.3 is 24.8 Å². The van der Waals surface area contributed by atoms with Crippen LogP contribution < -0.4 is 15.4 Å². The van der Waals surface area contributed by atoms with E-state index < -0.39 is 54.1 Å². The number of fused-ring (bicyclic) bond motifs is 2. The molecule has 13 heteroatoms. The third-order valence-electron chi connectivity index (χ3n) is 10.9. The van der Waals surface area contributed by atoms with E-state index in [9.17, 15) is 14.7 Å². The van der Waals surface area contributed by atoms with Crippen LogP contribution in [0.5, 0.6) is 0 Å². The summed E-state index contributed by atoms with van der Waals surface area (Å²) >= 11 is 5.69. The molecule has 0 bridgehead atoms. The summed E-state index contributed by atoms with van der Waals surface area (Å²) in [5, 5.41) is 14.6. The van der Waals surface area contributed by atoms with E-state index in [0.29, 0.717) is 30.2 Å². The van der Waals surface area contributed by atoms with E-state index >= 15 is 13.2 Å². The number of nitrogens with one attached hydrogen (secondary N) is 1. The summed E-state index contributed by atoms with van der Waals surface area (Å²) in [7, 11) is -2.56. The van der Waals surface area contributed by atoms with Gasteiger partial charge in [-0.15, -0.1) is 11.6 Å². The number of carbonyl (C=O) groups excluding carboxylic acids is 1. The maximum Gasteiger partial charge on any atom is 0.339 e. The Bertz CT molecular complexity index is 1900. The van der Waals surface area contributed by atoms with Crippen molar-refractivity contribution in [2.24, 2.45) is 0 Å². The van der Waals surface area contributed by atoms with Gasteiger partial charge in [0.05, 0.1) is 19.8 Å². The van der Waals surface area contributed by atoms with Crippen molar-refractivity contribution >= 4 is 53.7 Å². The molecule has 0 unspecified atom stereocenters. The number of hydrogen-bond acceptors (Lipinski definition) is 5. The van der Waals surface area contributed by atoms with Gasteiger partial charge in [0.2, 0.25) is 0 Å². The molecule has 2 aromatic rings. The number of ether oxygens (including phenoxy) is 2. The normalized spacial score (nSPS) is 17.6. The SMILES string of the molecule is C[Si]1(C)C2=CC(=[N+]3CCCC3)C=CC2=C(c2c(F)c(C(=O)NCCOCCOCCCCCCCl)c(F)c(F)c2C(=O)O)c2ccc(N3CCCC3)cc21. The van der Waals surface area contributed by atoms with Gasteiger partial charge in [-0.25, -0.2) is 22.5 Å². The fraction of sp³-hybridized carbons (Fsp3) is 0.488. The summed E-state index contributed by atoms with van der Waals surface area (Å²) in [6.07, 6.45) is 14.1. The van der Waals surface area contributed by atoms with E-state index in [2.05, 4.69) is 40.0 Å². The Kier molecular flexibility index (Phi) is 13.2. The Balaban J connectivity index is 1.35. The highest BCUT2D eigenvalue weighted by atomic mass is 35.5. The molecular formula is C41H50ClF3N3O5Si+. The number of benzene rings is 2. The van der Waals surface area contributed by atoms with Crippen LogP contribution in [0, 0.1) is 17.5 Å². The first-order valence-corrected chi connectivity index (χ1v) is 22.7. The molecule has 1 aliphatic carbocycles. The van der Waals surface area contributed by atoms with Gasteiger partial charge in [-0.2, -0.15) is 0 Å². The van der Waals surface area contributed by atoms with E-state index in [0.717, 1.165) is 99.3 Å². The van der Waals surface area contributed by atoms with Gasteiger partial charge in [0, 0.05) is 68.4 Å². The molecule has 2 N–H and O–H groups in total. The number of hydrogen-bond donors (Lipinski definition) is 2. The number of alkyl halides is 1. The van der Waals surface area contributed by atoms with Crippen LogP contribution in [0.2, 0.25) is 13.1 Å². The second-order valence-electron chi connectivity index (χ2n) is 14.8. The van der Waals surface area contributed by atoms with E-state index in [1.165, 1.54) is 0 Å². The second-order valence-corrected chi connectivity index (χ2v) is 19.5. The summed E-state index contributed by atoms with van der Waals surface area (Å²) < 4.78 is 62.1. The smallest absolute Gasteiger partial charge is 0.339 e. The van der Waals surface area contributed by atoms with Crippen LogP contribution in [0.1, 0.15) is 83.2 Å². The summed E-state index contributed by atoms with van der Waals surface area (Å²) in [6.45, 7) is 9.13. The largest absolute Gasteiger partial charge is 0.478 e. The number of rotatable bonds is 16. The summed E-state index contributed by atoms with van der Waals surface area (Å²) in [5.41, 5.74) is 0.314. The van der Waals surface area contributed by atoms with Crippen molar-refractivity contribution in [1.29, 1.82) is 0 Å². The summed E-state index contributed by atoms with van der Waals surface area (Å²) in [5.74, 6) is -7.47. The van der Waals surface area contributed by atoms with Crippen molar-refractivity contribution in [3.63, 3.8) is 0 Å². The molecule has 4 aliphatic rings. The van der Waals surface area contributed by atoms with Gasteiger partial charge in [0.1, 0.15) is 38.1 Å². The lowest BCUT2D eigenvalue weighted by molar-refractivity contribution is -0.504. The molecule has 0 atom stereocenters. The third kappa shape index (κ3) is 8.27. The molecule has 2 fully saturated rings. The van der Waals surface area contributed by atoms with Gasteiger partial charge in [-0.3, -0.25) is 4.79 Å². The molecule has 0 aromatic heterocycles. The Hall–Kier alpha value is -3.71. The van der Waals surface area contributed by atoms with Gasteiger partial charge in [-0.05, 0) is 71.0 Å². The molecule has 1 amide bonds. The highest BCUT2D eigenvalue weighted by Gasteiger charge is 2.44. The Morgan fingerprint density at radius 3 is 2.28 bits per heavy atom. The van der Waals surface area contributed by atoms with Crippen LogP contribution >= 0.6 is 11.6 Å². The lowest BCUT2D eigenvalue weighted by atomic mass is 9.85. The van der Waals surface area contributed by atoms with Crippen LogP contribution in [0.25, 0.3) is 5.57 Å². The molecule has 3 heterocycles. The Morgan fingerprint density at radius 1 is 0.889 bits per heavy atom. The Labute approximate surface area is 321 Å². The Morgan fingerprint density at radius 2 is 1.57 bits per heavy atom. The van der Waals surface area contributed by atoms with Gasteiger partial charge in [-0.1, -0.05) is 32.0 Å². The number of nitrogens with zero attached hydrogens (tertiary/aromatic N) is 2. The molecule has 3 aliphatic heterocycles. The first-order valence-electron chi connectivity index (χ1n) is 19.2. The van der Waals surface area contributed by atoms with Crippen molar-refractivity contribution in [1.82, 2.24) is 5.32 Å². The van der Waals surface area contributed by atoms with Gasteiger partial charge in [0.15, 0.2) is 17.3 Å². The van der Waals surface area contributed by atoms with Crippen molar-refractivity contribution in [2.45, 2.75) is 64.5 Å². The number of unbranched alkanes of at least 4 members (excludes halogenated alkanes) is 3. The number of amides is 1. The predicted octanol–water partition coefficient (Wildman–Crippen LogP) is 6.98. The molecule has 2 saturated heterocycles. The minimum Gasteiger partial charge on any atom is -0.478 e. The van der Waals surface area contributed by atoms with Crippen LogP contribution in [-0.2, 0) is 9.47 Å². The van der Waals surface area contributed by atoms with E-state index in [1.54, 1.807) is 0 Å². The summed E-state index contributed by atoms with van der Waals surface area (Å²) in [6, 6.07) is 5.88. The lowest BCUT2D eigenvalue weighted by Crippen LogP contribution is -2.50. The van der Waals surface area contributed by atoms with Crippen LogP contribution in [0.15, 0.2) is 47.2 Å². The number of carboxylic acid groups (broad SMARTS) is 1. The number of anilines is 1. The van der Waals surface area contributed by atoms with Crippen LogP contribution in [0.3, 0.4) is 0 Å². The average Bonchev–Trinajstić information content (AvgIpc) is 3.90. The first-order chi connectivity index (χ1) is 26.1. The molecular weight excluding hydrogens is 735 g/mol. The average molecular weight is 785 g/mol. The highest BCUT2D eigenvalue weighted by molar-refractivity contribution is 6.98. The highest BCUT2D eigenvalue weighted by Crippen LogP contribution is 2.45. The quantitative estimate of drug-likeness (QED) is 0.0629. The number of aromatic carboxylic acids is 1. The molecule has 8 nitrogen and oxygen atoms in total. The number of carboxylic acids is 1. The maximum atomic E-state index is 17.0. The van der Waals surface area contributed by atoms with Crippen molar-refractivity contribution in [3.8, 4) is 0 Å². The minimum absolute atomic E-state index is 0.0210. The third-order valence-corrected chi connectivity index (χ3v) is 14.7. The topological polar surface area (TPSA) is 91.1 Å². The van der Waals surface area contributed by atoms with Crippen LogP contribution in [0.4, 0.5) is 18.9 Å². The number of carbonyl (C=O) groups is 2. The van der Waals surface area contributed by atoms with Crippen molar-refractivity contribution < 1.29 is 41.9 Å². The van der Waals surface area contributed by atoms with Crippen LogP contribution in [-0.4, -0.2) is 100 Å². The maximum absolute atomic E-state index is 17.0. The molecule has 290 valence electrons. The number of halogens is 4. The standard InChI is InChI=1S/C41H49ClF3N3O5Si/c1-54(2)31-25-27(47-17-6-7-18-47)11-13-29(31)33(30-14-12-28(26-32(30)54)48-19-8-9-20-48)34-35(41(50)51)38(44)39(45)36(37(34)43)40(49)46-16-22-53-24-23-52-21-10-4-3-5-15-42/h11-14,25-26H,3-10,15-24H2,1-2H3,(H-,46,49,50,51)/p+1. The molecule has 0 radical (unpaired) electrons.